The highest BCUT2D eigenvalue weighted by atomic mass is 35.5. The lowest BCUT2D eigenvalue weighted by Crippen LogP contribution is -2.35. The number of morpholine rings is 1. The van der Waals surface area contributed by atoms with Crippen LogP contribution in [0.5, 0.6) is 0 Å². The fourth-order valence-corrected chi connectivity index (χ4v) is 2.33. The van der Waals surface area contributed by atoms with Gasteiger partial charge < -0.3 is 9.84 Å². The molecule has 1 fully saturated rings. The van der Waals surface area contributed by atoms with Crippen molar-refractivity contribution in [1.29, 1.82) is 0 Å². The first kappa shape index (κ1) is 14.1. The molecule has 0 aromatic heterocycles. The maximum Gasteiger partial charge on any atom is 0.409 e. The van der Waals surface area contributed by atoms with E-state index < -0.39 is 6.09 Å². The predicted octanol–water partition coefficient (Wildman–Crippen LogP) is 2.57. The third-order valence-electron chi connectivity index (χ3n) is 3.20. The second-order valence-electron chi connectivity index (χ2n) is 4.56. The molecule has 6 heteroatoms. The van der Waals surface area contributed by atoms with Crippen molar-refractivity contribution < 1.29 is 14.6 Å². The number of carbonyl (C=O) groups is 1. The summed E-state index contributed by atoms with van der Waals surface area (Å²) in [6.45, 7) is 5.94. The van der Waals surface area contributed by atoms with Crippen molar-refractivity contribution in [2.75, 3.05) is 31.6 Å². The number of carboxylic acid groups (broad SMARTS) is 1. The third-order valence-corrected chi connectivity index (χ3v) is 3.59. The quantitative estimate of drug-likeness (QED) is 0.895. The van der Waals surface area contributed by atoms with Gasteiger partial charge in [-0.25, -0.2) is 4.79 Å². The molecule has 104 valence electrons. The van der Waals surface area contributed by atoms with E-state index in [1.165, 1.54) is 0 Å². The molecular formula is C13H17ClN2O3. The molecule has 2 rings (SSSR count). The van der Waals surface area contributed by atoms with E-state index in [0.717, 1.165) is 44.0 Å². The molecule has 19 heavy (non-hydrogen) atoms. The van der Waals surface area contributed by atoms with E-state index in [9.17, 15) is 4.79 Å². The second kappa shape index (κ2) is 6.23. The molecule has 0 radical (unpaired) electrons. The highest BCUT2D eigenvalue weighted by Gasteiger charge is 2.14. The normalized spacial score (nSPS) is 16.3. The molecule has 1 aliphatic rings. The summed E-state index contributed by atoms with van der Waals surface area (Å²) in [4.78, 5) is 13.0. The number of hydrogen-bond donors (Lipinski definition) is 2. The van der Waals surface area contributed by atoms with Crippen LogP contribution in [0.25, 0.3) is 0 Å². The number of nitrogens with zero attached hydrogens (tertiary/aromatic N) is 1. The van der Waals surface area contributed by atoms with Gasteiger partial charge in [0, 0.05) is 30.3 Å². The van der Waals surface area contributed by atoms with Crippen LogP contribution in [0, 0.1) is 6.92 Å². The van der Waals surface area contributed by atoms with Gasteiger partial charge in [-0.05, 0) is 30.2 Å². The number of benzene rings is 1. The first-order chi connectivity index (χ1) is 9.06. The van der Waals surface area contributed by atoms with Crippen molar-refractivity contribution in [3.8, 4) is 0 Å². The lowest BCUT2D eigenvalue weighted by molar-refractivity contribution is 0.0341. The summed E-state index contributed by atoms with van der Waals surface area (Å²) in [5, 5.41) is 11.7. The van der Waals surface area contributed by atoms with Crippen molar-refractivity contribution in [3.63, 3.8) is 0 Å². The molecule has 1 heterocycles. The number of ether oxygens (including phenoxy) is 1. The van der Waals surface area contributed by atoms with E-state index >= 15 is 0 Å². The average molecular weight is 285 g/mol. The first-order valence-electron chi connectivity index (χ1n) is 6.15. The largest absolute Gasteiger partial charge is 0.465 e. The number of amides is 1. The molecule has 1 aromatic rings. The van der Waals surface area contributed by atoms with Gasteiger partial charge in [-0.15, -0.1) is 0 Å². The monoisotopic (exact) mass is 284 g/mol. The van der Waals surface area contributed by atoms with E-state index in [1.807, 2.05) is 13.0 Å². The van der Waals surface area contributed by atoms with Crippen molar-refractivity contribution in [3.05, 3.63) is 28.3 Å². The molecule has 1 saturated heterocycles. The molecule has 0 saturated carbocycles. The van der Waals surface area contributed by atoms with E-state index in [0.29, 0.717) is 10.7 Å². The lowest BCUT2D eigenvalue weighted by Gasteiger charge is -2.27. The van der Waals surface area contributed by atoms with Crippen LogP contribution in [0.1, 0.15) is 11.1 Å². The predicted molar refractivity (Wildman–Crippen MR) is 73.9 cm³/mol. The minimum Gasteiger partial charge on any atom is -0.465 e. The smallest absolute Gasteiger partial charge is 0.409 e. The van der Waals surface area contributed by atoms with Gasteiger partial charge in [0.25, 0.3) is 0 Å². The standard InChI is InChI=1S/C13H17ClN2O3/c1-9-10(8-16-2-4-19-5-3-16)6-11(7-12(9)14)15-13(17)18/h6-7,15H,2-5,8H2,1H3,(H,17,18). The van der Waals surface area contributed by atoms with Gasteiger partial charge in [-0.2, -0.15) is 0 Å². The molecule has 0 aliphatic carbocycles. The topological polar surface area (TPSA) is 61.8 Å². The molecular weight excluding hydrogens is 268 g/mol. The van der Waals surface area contributed by atoms with Gasteiger partial charge in [0.2, 0.25) is 0 Å². The highest BCUT2D eigenvalue weighted by Crippen LogP contribution is 2.26. The van der Waals surface area contributed by atoms with E-state index in [1.54, 1.807) is 6.07 Å². The summed E-state index contributed by atoms with van der Waals surface area (Å²) < 4.78 is 5.31. The number of rotatable bonds is 3. The molecule has 5 nitrogen and oxygen atoms in total. The van der Waals surface area contributed by atoms with E-state index in [-0.39, 0.29) is 0 Å². The Morgan fingerprint density at radius 2 is 2.16 bits per heavy atom. The lowest BCUT2D eigenvalue weighted by atomic mass is 10.1. The van der Waals surface area contributed by atoms with Gasteiger partial charge >= 0.3 is 6.09 Å². The Hall–Kier alpha value is -1.30. The molecule has 0 bridgehead atoms. The van der Waals surface area contributed by atoms with Crippen LogP contribution in [0.4, 0.5) is 10.5 Å². The Balaban J connectivity index is 2.17. The van der Waals surface area contributed by atoms with Gasteiger partial charge in [0.05, 0.1) is 13.2 Å². The first-order valence-corrected chi connectivity index (χ1v) is 6.53. The fourth-order valence-electron chi connectivity index (χ4n) is 2.10. The molecule has 1 aliphatic heterocycles. The maximum absolute atomic E-state index is 10.7. The van der Waals surface area contributed by atoms with Crippen LogP contribution in [0.15, 0.2) is 12.1 Å². The zero-order valence-corrected chi connectivity index (χ0v) is 11.5. The Morgan fingerprint density at radius 1 is 1.47 bits per heavy atom. The molecule has 0 spiro atoms. The minimum absolute atomic E-state index is 0.506. The summed E-state index contributed by atoms with van der Waals surface area (Å²) in [7, 11) is 0. The highest BCUT2D eigenvalue weighted by molar-refractivity contribution is 6.31. The Bertz CT molecular complexity index is 473. The van der Waals surface area contributed by atoms with Crippen LogP contribution in [-0.4, -0.2) is 42.4 Å². The fraction of sp³-hybridized carbons (Fsp3) is 0.462. The van der Waals surface area contributed by atoms with Crippen LogP contribution >= 0.6 is 11.6 Å². The zero-order valence-electron chi connectivity index (χ0n) is 10.8. The minimum atomic E-state index is -1.09. The number of anilines is 1. The van der Waals surface area contributed by atoms with E-state index in [4.69, 9.17) is 21.4 Å². The molecule has 1 amide bonds. The summed E-state index contributed by atoms with van der Waals surface area (Å²) >= 11 is 6.14. The van der Waals surface area contributed by atoms with Crippen molar-refractivity contribution >= 4 is 23.4 Å². The van der Waals surface area contributed by atoms with Crippen LogP contribution in [0.2, 0.25) is 5.02 Å². The summed E-state index contributed by atoms with van der Waals surface area (Å²) in [6.07, 6.45) is -1.09. The van der Waals surface area contributed by atoms with Gasteiger partial charge in [-0.3, -0.25) is 10.2 Å². The summed E-state index contributed by atoms with van der Waals surface area (Å²) in [5.74, 6) is 0. The van der Waals surface area contributed by atoms with Crippen molar-refractivity contribution in [2.45, 2.75) is 13.5 Å². The van der Waals surface area contributed by atoms with Crippen molar-refractivity contribution in [2.24, 2.45) is 0 Å². The molecule has 1 aromatic carbocycles. The average Bonchev–Trinajstić information content (AvgIpc) is 2.36. The Kier molecular flexibility index (Phi) is 4.63. The SMILES string of the molecule is Cc1c(Cl)cc(NC(=O)O)cc1CN1CCOCC1. The number of halogens is 1. The van der Waals surface area contributed by atoms with Crippen LogP contribution in [0.3, 0.4) is 0 Å². The Labute approximate surface area is 117 Å². The second-order valence-corrected chi connectivity index (χ2v) is 4.97. The molecule has 0 atom stereocenters. The molecule has 2 N–H and O–H groups in total. The maximum atomic E-state index is 10.7. The van der Waals surface area contributed by atoms with Crippen LogP contribution in [-0.2, 0) is 11.3 Å². The Morgan fingerprint density at radius 3 is 2.79 bits per heavy atom. The molecule has 0 unspecified atom stereocenters. The van der Waals surface area contributed by atoms with Gasteiger partial charge in [0.15, 0.2) is 0 Å². The zero-order chi connectivity index (χ0) is 13.8. The van der Waals surface area contributed by atoms with Gasteiger partial charge in [0.1, 0.15) is 0 Å². The van der Waals surface area contributed by atoms with Crippen molar-refractivity contribution in [1.82, 2.24) is 4.90 Å². The van der Waals surface area contributed by atoms with E-state index in [2.05, 4.69) is 10.2 Å². The summed E-state index contributed by atoms with van der Waals surface area (Å²) in [6, 6.07) is 3.47. The number of nitrogens with one attached hydrogen (secondary N) is 1. The third kappa shape index (κ3) is 3.83. The van der Waals surface area contributed by atoms with Crippen LogP contribution < -0.4 is 5.32 Å². The van der Waals surface area contributed by atoms with Gasteiger partial charge in [-0.1, -0.05) is 11.6 Å². The summed E-state index contributed by atoms with van der Waals surface area (Å²) in [5.41, 5.74) is 2.54. The number of hydrogen-bond acceptors (Lipinski definition) is 3.